The molecule has 0 saturated heterocycles. The number of aromatic nitrogens is 2. The van der Waals surface area contributed by atoms with Gasteiger partial charge in [-0.2, -0.15) is 0 Å². The summed E-state index contributed by atoms with van der Waals surface area (Å²) in [6.45, 7) is 0. The van der Waals surface area contributed by atoms with Gasteiger partial charge in [-0.3, -0.25) is 0 Å². The molecule has 0 atom stereocenters. The monoisotopic (exact) mass is 330 g/mol. The van der Waals surface area contributed by atoms with Gasteiger partial charge in [0.25, 0.3) is 0 Å². The van der Waals surface area contributed by atoms with E-state index >= 15 is 0 Å². The van der Waals surface area contributed by atoms with Crippen molar-refractivity contribution in [3.8, 4) is 33.9 Å². The molecule has 0 aliphatic heterocycles. The first-order valence-corrected chi connectivity index (χ1v) is 8.05. The van der Waals surface area contributed by atoms with E-state index in [0.717, 1.165) is 39.5 Å². The third kappa shape index (κ3) is 2.83. The summed E-state index contributed by atoms with van der Waals surface area (Å²) in [5.41, 5.74) is 5.13. The highest BCUT2D eigenvalue weighted by molar-refractivity contribution is 5.71. The lowest BCUT2D eigenvalue weighted by Gasteiger charge is -2.04. The lowest BCUT2D eigenvalue weighted by Crippen LogP contribution is -1.88. The molecule has 4 nitrogen and oxygen atoms in total. The van der Waals surface area contributed by atoms with E-state index < -0.39 is 0 Å². The molecule has 0 saturated carbocycles. The van der Waals surface area contributed by atoms with Crippen molar-refractivity contribution in [1.29, 1.82) is 0 Å². The van der Waals surface area contributed by atoms with Gasteiger partial charge in [0, 0.05) is 18.0 Å². The van der Waals surface area contributed by atoms with Crippen LogP contribution < -0.4 is 9.47 Å². The largest absolute Gasteiger partial charge is 0.497 e. The maximum atomic E-state index is 5.38. The number of methoxy groups -OCH3 is 2. The molecule has 2 heterocycles. The average molecular weight is 330 g/mol. The molecule has 0 fully saturated rings. The van der Waals surface area contributed by atoms with Crippen LogP contribution in [0.15, 0.2) is 73.1 Å². The molecule has 0 aliphatic rings. The Balaban J connectivity index is 1.67. The van der Waals surface area contributed by atoms with Crippen molar-refractivity contribution in [2.75, 3.05) is 14.2 Å². The molecule has 0 amide bonds. The van der Waals surface area contributed by atoms with Gasteiger partial charge in [-0.25, -0.2) is 4.98 Å². The highest BCUT2D eigenvalue weighted by atomic mass is 16.5. The number of rotatable bonds is 4. The van der Waals surface area contributed by atoms with Crippen LogP contribution in [0.3, 0.4) is 0 Å². The van der Waals surface area contributed by atoms with Crippen LogP contribution >= 0.6 is 0 Å². The normalized spacial score (nSPS) is 10.8. The molecule has 0 radical (unpaired) electrons. The van der Waals surface area contributed by atoms with E-state index in [-0.39, 0.29) is 0 Å². The van der Waals surface area contributed by atoms with Crippen LogP contribution in [-0.4, -0.2) is 23.6 Å². The van der Waals surface area contributed by atoms with E-state index in [0.29, 0.717) is 0 Å². The fourth-order valence-corrected chi connectivity index (χ4v) is 2.90. The summed E-state index contributed by atoms with van der Waals surface area (Å²) in [5.74, 6) is 1.63. The number of nitrogens with zero attached hydrogens (tertiary/aromatic N) is 2. The van der Waals surface area contributed by atoms with Gasteiger partial charge in [-0.1, -0.05) is 36.4 Å². The fraction of sp³-hybridized carbons (Fsp3) is 0.0952. The molecule has 4 aromatic rings. The van der Waals surface area contributed by atoms with Crippen LogP contribution in [0.2, 0.25) is 0 Å². The number of imidazole rings is 1. The Morgan fingerprint density at radius 2 is 1.40 bits per heavy atom. The minimum Gasteiger partial charge on any atom is -0.497 e. The van der Waals surface area contributed by atoms with Gasteiger partial charge >= 0.3 is 0 Å². The predicted molar refractivity (Wildman–Crippen MR) is 99.2 cm³/mol. The summed E-state index contributed by atoms with van der Waals surface area (Å²) in [4.78, 5) is 4.70. The van der Waals surface area contributed by atoms with E-state index in [1.54, 1.807) is 14.2 Å². The Kier molecular flexibility index (Phi) is 3.86. The molecule has 0 aliphatic carbocycles. The lowest BCUT2D eigenvalue weighted by atomic mass is 10.0. The Bertz CT molecular complexity index is 1000. The van der Waals surface area contributed by atoms with Crippen molar-refractivity contribution in [2.24, 2.45) is 0 Å². The van der Waals surface area contributed by atoms with Crippen LogP contribution in [0, 0.1) is 0 Å². The van der Waals surface area contributed by atoms with E-state index in [2.05, 4.69) is 36.4 Å². The molecule has 2 aromatic heterocycles. The molecular weight excluding hydrogens is 312 g/mol. The first kappa shape index (κ1) is 15.3. The number of ether oxygens (including phenoxy) is 2. The molecule has 0 unspecified atom stereocenters. The second kappa shape index (κ2) is 6.32. The molecule has 124 valence electrons. The van der Waals surface area contributed by atoms with Gasteiger partial charge in [0.05, 0.1) is 19.9 Å². The summed E-state index contributed by atoms with van der Waals surface area (Å²) in [6.07, 6.45) is 3.99. The zero-order chi connectivity index (χ0) is 17.2. The lowest BCUT2D eigenvalue weighted by molar-refractivity contribution is 0.415. The van der Waals surface area contributed by atoms with Gasteiger partial charge < -0.3 is 13.9 Å². The molecule has 0 spiro atoms. The third-order valence-electron chi connectivity index (χ3n) is 4.27. The molecule has 4 heteroatoms. The number of benzene rings is 2. The zero-order valence-corrected chi connectivity index (χ0v) is 14.1. The minimum absolute atomic E-state index is 0.767. The molecule has 25 heavy (non-hydrogen) atoms. The van der Waals surface area contributed by atoms with Gasteiger partial charge in [0.2, 0.25) is 0 Å². The summed E-state index contributed by atoms with van der Waals surface area (Å²) < 4.78 is 12.6. The van der Waals surface area contributed by atoms with Gasteiger partial charge in [-0.15, -0.1) is 0 Å². The molecule has 2 aromatic carbocycles. The highest BCUT2D eigenvalue weighted by Crippen LogP contribution is 2.27. The van der Waals surface area contributed by atoms with Crippen LogP contribution in [0.1, 0.15) is 0 Å². The van der Waals surface area contributed by atoms with Gasteiger partial charge in [-0.05, 0) is 35.4 Å². The van der Waals surface area contributed by atoms with Crippen molar-refractivity contribution in [3.05, 3.63) is 73.1 Å². The molecule has 4 rings (SSSR count). The second-order valence-corrected chi connectivity index (χ2v) is 5.74. The summed E-state index contributed by atoms with van der Waals surface area (Å²) in [5, 5.41) is 0. The standard InChI is InChI=1S/C21H18N2O2/c1-24-18-11-9-16(10-12-18)15-5-7-17(8-6-15)19-14-23-13-3-4-20(25-2)21(23)22-19/h3-14H,1-2H3. The maximum absolute atomic E-state index is 5.38. The maximum Gasteiger partial charge on any atom is 0.180 e. The molecule has 0 bridgehead atoms. The van der Waals surface area contributed by atoms with Crippen LogP contribution in [0.25, 0.3) is 28.0 Å². The molecular formula is C21H18N2O2. The van der Waals surface area contributed by atoms with Crippen LogP contribution in [0.4, 0.5) is 0 Å². The number of hydrogen-bond donors (Lipinski definition) is 0. The zero-order valence-electron chi connectivity index (χ0n) is 14.1. The van der Waals surface area contributed by atoms with E-state index in [1.165, 1.54) is 0 Å². The van der Waals surface area contributed by atoms with Gasteiger partial charge in [0.1, 0.15) is 5.75 Å². The first-order chi connectivity index (χ1) is 12.3. The van der Waals surface area contributed by atoms with E-state index in [4.69, 9.17) is 14.5 Å². The topological polar surface area (TPSA) is 35.8 Å². The smallest absolute Gasteiger partial charge is 0.180 e. The fourth-order valence-electron chi connectivity index (χ4n) is 2.90. The predicted octanol–water partition coefficient (Wildman–Crippen LogP) is 4.69. The summed E-state index contributed by atoms with van der Waals surface area (Å²) in [7, 11) is 3.33. The van der Waals surface area contributed by atoms with Crippen molar-refractivity contribution >= 4 is 5.65 Å². The summed E-state index contributed by atoms with van der Waals surface area (Å²) in [6, 6.07) is 20.3. The quantitative estimate of drug-likeness (QED) is 0.545. The Morgan fingerprint density at radius 3 is 2.04 bits per heavy atom. The number of hydrogen-bond acceptors (Lipinski definition) is 3. The van der Waals surface area contributed by atoms with Gasteiger partial charge in [0.15, 0.2) is 11.4 Å². The number of pyridine rings is 1. The van der Waals surface area contributed by atoms with Crippen molar-refractivity contribution < 1.29 is 9.47 Å². The van der Waals surface area contributed by atoms with E-state index in [9.17, 15) is 0 Å². The van der Waals surface area contributed by atoms with Crippen LogP contribution in [-0.2, 0) is 0 Å². The van der Waals surface area contributed by atoms with E-state index in [1.807, 2.05) is 41.1 Å². The Morgan fingerprint density at radius 1 is 0.760 bits per heavy atom. The first-order valence-electron chi connectivity index (χ1n) is 8.05. The van der Waals surface area contributed by atoms with Crippen molar-refractivity contribution in [3.63, 3.8) is 0 Å². The molecule has 0 N–H and O–H groups in total. The van der Waals surface area contributed by atoms with Crippen molar-refractivity contribution in [1.82, 2.24) is 9.38 Å². The number of fused-ring (bicyclic) bond motifs is 1. The second-order valence-electron chi connectivity index (χ2n) is 5.74. The van der Waals surface area contributed by atoms with Crippen LogP contribution in [0.5, 0.6) is 11.5 Å². The van der Waals surface area contributed by atoms with Crippen molar-refractivity contribution in [2.45, 2.75) is 0 Å². The third-order valence-corrected chi connectivity index (χ3v) is 4.27. The minimum atomic E-state index is 0.767. The highest BCUT2D eigenvalue weighted by Gasteiger charge is 2.08. The Labute approximate surface area is 146 Å². The SMILES string of the molecule is COc1ccc(-c2ccc(-c3cn4cccc(OC)c4n3)cc2)cc1. The Hall–Kier alpha value is -3.27. The summed E-state index contributed by atoms with van der Waals surface area (Å²) >= 11 is 0. The average Bonchev–Trinajstić information content (AvgIpc) is 3.12.